The molecule has 0 amide bonds. The largest absolute Gasteiger partial charge is 0.459 e. The Hall–Kier alpha value is -2.08. The van der Waals surface area contributed by atoms with Crippen LogP contribution in [0.5, 0.6) is 0 Å². The molecule has 6 heteroatoms. The predicted molar refractivity (Wildman–Crippen MR) is 99.7 cm³/mol. The minimum Gasteiger partial charge on any atom is -0.459 e. The molecule has 0 N–H and O–H groups in total. The fraction of sp³-hybridized carbons (Fsp3) is 0.571. The molecule has 2 rings (SSSR count). The zero-order valence-corrected chi connectivity index (χ0v) is 16.5. The van der Waals surface area contributed by atoms with Gasteiger partial charge in [-0.25, -0.2) is 4.39 Å². The van der Waals surface area contributed by atoms with Crippen LogP contribution in [0.2, 0.25) is 0 Å². The molecule has 5 nitrogen and oxygen atoms in total. The molecule has 148 valence electrons. The van der Waals surface area contributed by atoms with Crippen molar-refractivity contribution in [2.45, 2.75) is 58.1 Å². The second kappa shape index (κ2) is 8.74. The highest BCUT2D eigenvalue weighted by molar-refractivity contribution is 6.18. The lowest BCUT2D eigenvalue weighted by atomic mass is 9.89. The van der Waals surface area contributed by atoms with Crippen LogP contribution < -0.4 is 0 Å². The van der Waals surface area contributed by atoms with Gasteiger partial charge in [-0.15, -0.1) is 0 Å². The van der Waals surface area contributed by atoms with Crippen molar-refractivity contribution in [2.75, 3.05) is 13.6 Å². The maximum atomic E-state index is 13.0. The number of benzene rings is 1. The Labute approximate surface area is 159 Å². The molecule has 0 spiro atoms. The van der Waals surface area contributed by atoms with Gasteiger partial charge in [0.15, 0.2) is 17.5 Å². The van der Waals surface area contributed by atoms with Gasteiger partial charge in [0.2, 0.25) is 0 Å². The second-order valence-corrected chi connectivity index (χ2v) is 8.10. The molecule has 1 saturated heterocycles. The van der Waals surface area contributed by atoms with E-state index in [4.69, 9.17) is 4.74 Å². The van der Waals surface area contributed by atoms with Crippen LogP contribution in [-0.2, 0) is 25.5 Å². The molecular weight excluding hydrogens is 349 g/mol. The van der Waals surface area contributed by atoms with E-state index in [0.717, 1.165) is 18.5 Å². The number of halogens is 1. The fourth-order valence-electron chi connectivity index (χ4n) is 3.29. The molecule has 27 heavy (non-hydrogen) atoms. The number of likely N-dealkylation sites (tertiary alicyclic amines) is 1. The first-order chi connectivity index (χ1) is 12.6. The van der Waals surface area contributed by atoms with Gasteiger partial charge in [-0.3, -0.25) is 19.3 Å². The number of carbonyl (C=O) groups is 3. The summed E-state index contributed by atoms with van der Waals surface area (Å²) < 4.78 is 18.4. The van der Waals surface area contributed by atoms with E-state index < -0.39 is 29.3 Å². The van der Waals surface area contributed by atoms with E-state index in [2.05, 4.69) is 0 Å². The zero-order chi connectivity index (χ0) is 20.2. The first kappa shape index (κ1) is 21.2. The summed E-state index contributed by atoms with van der Waals surface area (Å²) in [6, 6.07) is 5.40. The van der Waals surface area contributed by atoms with Crippen molar-refractivity contribution in [3.63, 3.8) is 0 Å². The second-order valence-electron chi connectivity index (χ2n) is 8.10. The minimum atomic E-state index is -1.41. The Balaban J connectivity index is 2.14. The molecule has 1 heterocycles. The molecule has 1 fully saturated rings. The van der Waals surface area contributed by atoms with E-state index in [1.165, 1.54) is 12.1 Å². The highest BCUT2D eigenvalue weighted by Crippen LogP contribution is 2.23. The van der Waals surface area contributed by atoms with Crippen LogP contribution in [0.4, 0.5) is 4.39 Å². The third-order valence-electron chi connectivity index (χ3n) is 4.67. The molecule has 1 aliphatic heterocycles. The standard InChI is InChI=1S/C21H28FNO4/c1-21(2,3)27-20(26)18(19(25)16-6-5-13-23(16)4)17(24)12-9-14-7-10-15(22)11-8-14/h7-8,10-11,16,18H,5-6,9,12-13H2,1-4H3/t16-,18?/m0/s1. The molecular formula is C21H28FNO4. The van der Waals surface area contributed by atoms with Crippen LogP contribution in [0.25, 0.3) is 0 Å². The summed E-state index contributed by atoms with van der Waals surface area (Å²) in [6.07, 6.45) is 1.86. The number of hydrogen-bond donors (Lipinski definition) is 0. The maximum Gasteiger partial charge on any atom is 0.324 e. The van der Waals surface area contributed by atoms with Gasteiger partial charge in [-0.2, -0.15) is 0 Å². The molecule has 1 aromatic carbocycles. The van der Waals surface area contributed by atoms with Gasteiger partial charge in [0, 0.05) is 6.42 Å². The van der Waals surface area contributed by atoms with Crippen molar-refractivity contribution in [1.82, 2.24) is 4.90 Å². The van der Waals surface area contributed by atoms with Crippen molar-refractivity contribution in [3.05, 3.63) is 35.6 Å². The number of likely N-dealkylation sites (N-methyl/N-ethyl adjacent to an activating group) is 1. The van der Waals surface area contributed by atoms with Crippen molar-refractivity contribution >= 4 is 17.5 Å². The maximum absolute atomic E-state index is 13.0. The summed E-state index contributed by atoms with van der Waals surface area (Å²) in [5.41, 5.74) is -0.00727. The van der Waals surface area contributed by atoms with Gasteiger partial charge in [-0.1, -0.05) is 12.1 Å². The quantitative estimate of drug-likeness (QED) is 0.540. The van der Waals surface area contributed by atoms with Crippen LogP contribution >= 0.6 is 0 Å². The first-order valence-electron chi connectivity index (χ1n) is 9.32. The van der Waals surface area contributed by atoms with E-state index in [9.17, 15) is 18.8 Å². The lowest BCUT2D eigenvalue weighted by molar-refractivity contribution is -0.164. The summed E-state index contributed by atoms with van der Waals surface area (Å²) >= 11 is 0. The highest BCUT2D eigenvalue weighted by atomic mass is 19.1. The Kier molecular flexibility index (Phi) is 6.87. The van der Waals surface area contributed by atoms with Crippen molar-refractivity contribution in [2.24, 2.45) is 5.92 Å². The normalized spacial score (nSPS) is 18.9. The smallest absolute Gasteiger partial charge is 0.324 e. The van der Waals surface area contributed by atoms with Crippen LogP contribution in [0, 0.1) is 11.7 Å². The number of rotatable bonds is 7. The van der Waals surface area contributed by atoms with Gasteiger partial charge < -0.3 is 4.74 Å². The molecule has 2 atom stereocenters. The van der Waals surface area contributed by atoms with E-state index in [1.54, 1.807) is 32.9 Å². The number of esters is 1. The Morgan fingerprint density at radius 2 is 1.85 bits per heavy atom. The molecule has 0 bridgehead atoms. The molecule has 0 saturated carbocycles. The Bertz CT molecular complexity index is 693. The fourth-order valence-corrected chi connectivity index (χ4v) is 3.29. The van der Waals surface area contributed by atoms with Gasteiger partial charge in [0.1, 0.15) is 11.4 Å². The van der Waals surface area contributed by atoms with E-state index in [-0.39, 0.29) is 18.0 Å². The summed E-state index contributed by atoms with van der Waals surface area (Å²) in [5, 5.41) is 0. The first-order valence-corrected chi connectivity index (χ1v) is 9.32. The van der Waals surface area contributed by atoms with E-state index in [1.807, 2.05) is 11.9 Å². The van der Waals surface area contributed by atoms with Crippen molar-refractivity contribution in [1.29, 1.82) is 0 Å². The summed E-state index contributed by atoms with van der Waals surface area (Å²) in [6.45, 7) is 5.88. The Morgan fingerprint density at radius 1 is 1.22 bits per heavy atom. The lowest BCUT2D eigenvalue weighted by Gasteiger charge is -2.26. The number of carbonyl (C=O) groups excluding carboxylic acids is 3. The minimum absolute atomic E-state index is 0.0255. The van der Waals surface area contributed by atoms with Crippen molar-refractivity contribution < 1.29 is 23.5 Å². The predicted octanol–water partition coefficient (Wildman–Crippen LogP) is 2.95. The number of ether oxygens (including phenoxy) is 1. The molecule has 1 unspecified atom stereocenters. The lowest BCUT2D eigenvalue weighted by Crippen LogP contribution is -2.45. The summed E-state index contributed by atoms with van der Waals surface area (Å²) in [7, 11) is 1.82. The molecule has 0 aromatic heterocycles. The van der Waals surface area contributed by atoms with Crippen molar-refractivity contribution in [3.8, 4) is 0 Å². The molecule has 1 aliphatic rings. The third kappa shape index (κ3) is 5.96. The summed E-state index contributed by atoms with van der Waals surface area (Å²) in [4.78, 5) is 40.3. The van der Waals surface area contributed by atoms with E-state index >= 15 is 0 Å². The average molecular weight is 377 g/mol. The van der Waals surface area contributed by atoms with Gasteiger partial charge in [0.05, 0.1) is 6.04 Å². The van der Waals surface area contributed by atoms with Crippen LogP contribution in [0.1, 0.15) is 45.6 Å². The van der Waals surface area contributed by atoms with Gasteiger partial charge in [-0.05, 0) is 71.3 Å². The topological polar surface area (TPSA) is 63.7 Å². The Morgan fingerprint density at radius 3 is 2.37 bits per heavy atom. The number of nitrogens with zero attached hydrogens (tertiary/aromatic N) is 1. The van der Waals surface area contributed by atoms with Crippen LogP contribution in [0.15, 0.2) is 24.3 Å². The van der Waals surface area contributed by atoms with E-state index in [0.29, 0.717) is 12.8 Å². The third-order valence-corrected chi connectivity index (χ3v) is 4.67. The molecule has 0 aliphatic carbocycles. The van der Waals surface area contributed by atoms with Gasteiger partial charge in [0.25, 0.3) is 0 Å². The monoisotopic (exact) mass is 377 g/mol. The number of aryl methyl sites for hydroxylation is 1. The highest BCUT2D eigenvalue weighted by Gasteiger charge is 2.42. The SMILES string of the molecule is CN1CCC[C@H]1C(=O)C(C(=O)CCc1ccc(F)cc1)C(=O)OC(C)(C)C. The zero-order valence-electron chi connectivity index (χ0n) is 16.5. The number of hydrogen-bond acceptors (Lipinski definition) is 5. The van der Waals surface area contributed by atoms with Crippen LogP contribution in [-0.4, -0.2) is 47.7 Å². The van der Waals surface area contributed by atoms with Crippen LogP contribution in [0.3, 0.4) is 0 Å². The number of ketones is 2. The molecule has 0 radical (unpaired) electrons. The molecule has 1 aromatic rings. The van der Waals surface area contributed by atoms with Gasteiger partial charge >= 0.3 is 5.97 Å². The number of Topliss-reactive ketones (excluding diaryl/α,β-unsaturated/α-hetero) is 2. The average Bonchev–Trinajstić information content (AvgIpc) is 2.99. The summed E-state index contributed by atoms with van der Waals surface area (Å²) in [5.74, 6) is -3.37.